The zero-order valence-corrected chi connectivity index (χ0v) is 11.9. The Labute approximate surface area is 110 Å². The SMILES string of the molecule is CC(C)Cn1ncnc1CC1(N)CCC(C)CC1. The Kier molecular flexibility index (Phi) is 4.05. The molecule has 4 nitrogen and oxygen atoms in total. The third kappa shape index (κ3) is 3.31. The van der Waals surface area contributed by atoms with Gasteiger partial charge in [0.15, 0.2) is 0 Å². The van der Waals surface area contributed by atoms with E-state index in [1.165, 1.54) is 12.8 Å². The minimum absolute atomic E-state index is 0.0612. The minimum atomic E-state index is -0.0612. The summed E-state index contributed by atoms with van der Waals surface area (Å²) in [4.78, 5) is 4.40. The summed E-state index contributed by atoms with van der Waals surface area (Å²) in [5.41, 5.74) is 6.47. The zero-order chi connectivity index (χ0) is 13.2. The van der Waals surface area contributed by atoms with Crippen molar-refractivity contribution in [1.29, 1.82) is 0 Å². The van der Waals surface area contributed by atoms with Crippen molar-refractivity contribution in [3.8, 4) is 0 Å². The van der Waals surface area contributed by atoms with Crippen molar-refractivity contribution < 1.29 is 0 Å². The average Bonchev–Trinajstić information content (AvgIpc) is 2.70. The maximum absolute atomic E-state index is 6.53. The van der Waals surface area contributed by atoms with E-state index in [0.29, 0.717) is 5.92 Å². The first-order valence-corrected chi connectivity index (χ1v) is 7.14. The Hall–Kier alpha value is -0.900. The highest BCUT2D eigenvalue weighted by molar-refractivity contribution is 4.99. The van der Waals surface area contributed by atoms with Crippen LogP contribution in [0.5, 0.6) is 0 Å². The first-order valence-electron chi connectivity index (χ1n) is 7.14. The second kappa shape index (κ2) is 5.39. The van der Waals surface area contributed by atoms with Gasteiger partial charge in [0, 0.05) is 18.5 Å². The summed E-state index contributed by atoms with van der Waals surface area (Å²) in [7, 11) is 0. The lowest BCUT2D eigenvalue weighted by atomic mass is 9.76. The Bertz CT molecular complexity index is 375. The molecule has 18 heavy (non-hydrogen) atoms. The highest BCUT2D eigenvalue weighted by Crippen LogP contribution is 2.32. The third-order valence-electron chi connectivity index (χ3n) is 4.01. The molecule has 0 radical (unpaired) electrons. The summed E-state index contributed by atoms with van der Waals surface area (Å²) in [6, 6.07) is 0. The molecule has 0 amide bonds. The fraction of sp³-hybridized carbons (Fsp3) is 0.857. The van der Waals surface area contributed by atoms with Crippen molar-refractivity contribution >= 4 is 0 Å². The molecule has 0 saturated heterocycles. The van der Waals surface area contributed by atoms with Crippen LogP contribution >= 0.6 is 0 Å². The number of rotatable bonds is 4. The van der Waals surface area contributed by atoms with Gasteiger partial charge in [-0.25, -0.2) is 9.67 Å². The molecular formula is C14H26N4. The van der Waals surface area contributed by atoms with Crippen LogP contribution in [0.1, 0.15) is 52.3 Å². The van der Waals surface area contributed by atoms with Gasteiger partial charge in [-0.2, -0.15) is 5.10 Å². The molecular weight excluding hydrogens is 224 g/mol. The van der Waals surface area contributed by atoms with Crippen molar-refractivity contribution in [2.45, 2.75) is 65.0 Å². The maximum atomic E-state index is 6.53. The van der Waals surface area contributed by atoms with Gasteiger partial charge in [0.25, 0.3) is 0 Å². The van der Waals surface area contributed by atoms with Gasteiger partial charge in [-0.3, -0.25) is 0 Å². The van der Waals surface area contributed by atoms with Crippen LogP contribution in [-0.2, 0) is 13.0 Å². The van der Waals surface area contributed by atoms with E-state index < -0.39 is 0 Å². The summed E-state index contributed by atoms with van der Waals surface area (Å²) in [6.07, 6.45) is 7.24. The first kappa shape index (κ1) is 13.5. The summed E-state index contributed by atoms with van der Waals surface area (Å²) < 4.78 is 2.03. The van der Waals surface area contributed by atoms with E-state index in [1.807, 2.05) is 4.68 Å². The van der Waals surface area contributed by atoms with E-state index in [9.17, 15) is 0 Å². The van der Waals surface area contributed by atoms with Crippen LogP contribution < -0.4 is 5.73 Å². The molecule has 2 rings (SSSR count). The number of hydrogen-bond acceptors (Lipinski definition) is 3. The monoisotopic (exact) mass is 250 g/mol. The average molecular weight is 250 g/mol. The molecule has 1 saturated carbocycles. The smallest absolute Gasteiger partial charge is 0.138 e. The lowest BCUT2D eigenvalue weighted by Gasteiger charge is -2.35. The summed E-state index contributed by atoms with van der Waals surface area (Å²) in [6.45, 7) is 7.65. The van der Waals surface area contributed by atoms with Crippen LogP contribution in [0.2, 0.25) is 0 Å². The van der Waals surface area contributed by atoms with Crippen molar-refractivity contribution in [2.75, 3.05) is 0 Å². The van der Waals surface area contributed by atoms with Gasteiger partial charge in [-0.05, 0) is 37.5 Å². The van der Waals surface area contributed by atoms with Gasteiger partial charge in [-0.1, -0.05) is 20.8 Å². The second-order valence-corrected chi connectivity index (χ2v) is 6.47. The van der Waals surface area contributed by atoms with Crippen molar-refractivity contribution in [3.05, 3.63) is 12.2 Å². The molecule has 0 spiro atoms. The Balaban J connectivity index is 2.02. The van der Waals surface area contributed by atoms with Gasteiger partial charge in [0.05, 0.1) is 0 Å². The highest BCUT2D eigenvalue weighted by atomic mass is 15.3. The predicted octanol–water partition coefficient (Wildman–Crippen LogP) is 2.38. The number of hydrogen-bond donors (Lipinski definition) is 1. The standard InChI is InChI=1S/C14H26N4/c1-11(2)9-18-13(16-10-17-18)8-14(15)6-4-12(3)5-7-14/h10-12H,4-9,15H2,1-3H3. The summed E-state index contributed by atoms with van der Waals surface area (Å²) in [5, 5.41) is 4.32. The normalized spacial score (nSPS) is 28.8. The second-order valence-electron chi connectivity index (χ2n) is 6.47. The van der Waals surface area contributed by atoms with Crippen LogP contribution in [0.25, 0.3) is 0 Å². The van der Waals surface area contributed by atoms with Crippen molar-refractivity contribution in [3.63, 3.8) is 0 Å². The van der Waals surface area contributed by atoms with Crippen molar-refractivity contribution in [2.24, 2.45) is 17.6 Å². The van der Waals surface area contributed by atoms with Crippen LogP contribution in [0.15, 0.2) is 6.33 Å². The lowest BCUT2D eigenvalue weighted by molar-refractivity contribution is 0.237. The molecule has 0 aliphatic heterocycles. The van der Waals surface area contributed by atoms with E-state index in [2.05, 4.69) is 30.9 Å². The molecule has 2 N–H and O–H groups in total. The highest BCUT2D eigenvalue weighted by Gasteiger charge is 2.31. The van der Waals surface area contributed by atoms with Gasteiger partial charge >= 0.3 is 0 Å². The topological polar surface area (TPSA) is 56.7 Å². The van der Waals surface area contributed by atoms with E-state index in [1.54, 1.807) is 6.33 Å². The predicted molar refractivity (Wildman–Crippen MR) is 73.1 cm³/mol. The number of nitrogens with two attached hydrogens (primary N) is 1. The van der Waals surface area contributed by atoms with Gasteiger partial charge in [0.1, 0.15) is 12.2 Å². The largest absolute Gasteiger partial charge is 0.325 e. The molecule has 1 aromatic rings. The van der Waals surface area contributed by atoms with E-state index in [4.69, 9.17) is 5.73 Å². The fourth-order valence-electron chi connectivity index (χ4n) is 2.75. The molecule has 1 heterocycles. The number of nitrogens with zero attached hydrogens (tertiary/aromatic N) is 3. The van der Waals surface area contributed by atoms with Crippen LogP contribution in [0.4, 0.5) is 0 Å². The van der Waals surface area contributed by atoms with Gasteiger partial charge in [-0.15, -0.1) is 0 Å². The molecule has 1 aliphatic carbocycles. The summed E-state index contributed by atoms with van der Waals surface area (Å²) in [5.74, 6) is 2.47. The summed E-state index contributed by atoms with van der Waals surface area (Å²) >= 11 is 0. The van der Waals surface area contributed by atoms with Crippen LogP contribution in [0.3, 0.4) is 0 Å². The molecule has 4 heteroatoms. The number of aromatic nitrogens is 3. The van der Waals surface area contributed by atoms with Gasteiger partial charge < -0.3 is 5.73 Å². The van der Waals surface area contributed by atoms with Crippen LogP contribution in [-0.4, -0.2) is 20.3 Å². The van der Waals surface area contributed by atoms with E-state index >= 15 is 0 Å². The molecule has 0 atom stereocenters. The molecule has 1 fully saturated rings. The quantitative estimate of drug-likeness (QED) is 0.892. The Morgan fingerprint density at radius 2 is 2.11 bits per heavy atom. The zero-order valence-electron chi connectivity index (χ0n) is 11.9. The molecule has 1 aromatic heterocycles. The van der Waals surface area contributed by atoms with Crippen LogP contribution in [0, 0.1) is 11.8 Å². The van der Waals surface area contributed by atoms with Crippen molar-refractivity contribution in [1.82, 2.24) is 14.8 Å². The minimum Gasteiger partial charge on any atom is -0.325 e. The molecule has 0 bridgehead atoms. The fourth-order valence-corrected chi connectivity index (χ4v) is 2.75. The molecule has 0 unspecified atom stereocenters. The van der Waals surface area contributed by atoms with Gasteiger partial charge in [0.2, 0.25) is 0 Å². The molecule has 1 aliphatic rings. The maximum Gasteiger partial charge on any atom is 0.138 e. The Morgan fingerprint density at radius 1 is 1.44 bits per heavy atom. The first-order chi connectivity index (χ1) is 8.48. The van der Waals surface area contributed by atoms with E-state index in [0.717, 1.165) is 37.5 Å². The molecule has 102 valence electrons. The van der Waals surface area contributed by atoms with E-state index in [-0.39, 0.29) is 5.54 Å². The Morgan fingerprint density at radius 3 is 2.72 bits per heavy atom. The third-order valence-corrected chi connectivity index (χ3v) is 4.01. The molecule has 0 aromatic carbocycles. The lowest BCUT2D eigenvalue weighted by Crippen LogP contribution is -2.45.